The van der Waals surface area contributed by atoms with Crippen molar-refractivity contribution >= 4 is 21.4 Å². The van der Waals surface area contributed by atoms with Crippen LogP contribution in [-0.2, 0) is 11.3 Å². The number of ether oxygens (including phenoxy) is 1. The Labute approximate surface area is 104 Å². The Balaban J connectivity index is 1.86. The second kappa shape index (κ2) is 4.72. The maximum Gasteiger partial charge on any atom is 0.123 e. The van der Waals surface area contributed by atoms with Crippen LogP contribution in [0.25, 0.3) is 10.1 Å². The molecule has 0 spiro atoms. The van der Waals surface area contributed by atoms with Crippen LogP contribution in [0.5, 0.6) is 0 Å². The molecule has 1 aliphatic rings. The molecule has 2 aromatic rings. The van der Waals surface area contributed by atoms with Gasteiger partial charge in [-0.1, -0.05) is 0 Å². The molecule has 2 heterocycles. The third-order valence-electron chi connectivity index (χ3n) is 3.11. The molecule has 0 amide bonds. The molecule has 90 valence electrons. The van der Waals surface area contributed by atoms with Crippen LogP contribution in [0.3, 0.4) is 0 Å². The van der Waals surface area contributed by atoms with Gasteiger partial charge in [0.2, 0.25) is 0 Å². The molecule has 3 rings (SSSR count). The standard InChI is InChI=1S/C13H14FNOS/c14-11-1-2-13-12(7-11)10(9-17-13)8-15-3-5-16-6-4-15/h1-2,7,9H,3-6,8H2. The quantitative estimate of drug-likeness (QED) is 0.813. The SMILES string of the molecule is Fc1ccc2scc(CN3CCOCC3)c2c1. The third-order valence-corrected chi connectivity index (χ3v) is 4.13. The van der Waals surface area contributed by atoms with E-state index in [1.807, 2.05) is 6.07 Å². The number of benzene rings is 1. The third kappa shape index (κ3) is 2.34. The highest BCUT2D eigenvalue weighted by atomic mass is 32.1. The Morgan fingerprint density at radius 2 is 2.12 bits per heavy atom. The van der Waals surface area contributed by atoms with Gasteiger partial charge in [-0.25, -0.2) is 4.39 Å². The molecule has 4 heteroatoms. The maximum absolute atomic E-state index is 13.2. The Hall–Kier alpha value is -0.970. The van der Waals surface area contributed by atoms with Crippen molar-refractivity contribution in [1.82, 2.24) is 4.90 Å². The number of rotatable bonds is 2. The zero-order valence-electron chi connectivity index (χ0n) is 9.49. The van der Waals surface area contributed by atoms with Gasteiger partial charge in [0.15, 0.2) is 0 Å². The van der Waals surface area contributed by atoms with E-state index in [9.17, 15) is 4.39 Å². The largest absolute Gasteiger partial charge is 0.379 e. The first-order valence-corrected chi connectivity index (χ1v) is 6.66. The van der Waals surface area contributed by atoms with Gasteiger partial charge in [0.05, 0.1) is 13.2 Å². The summed E-state index contributed by atoms with van der Waals surface area (Å²) in [5.41, 5.74) is 1.23. The highest BCUT2D eigenvalue weighted by Crippen LogP contribution is 2.27. The maximum atomic E-state index is 13.2. The normalized spacial score (nSPS) is 17.7. The highest BCUT2D eigenvalue weighted by molar-refractivity contribution is 7.17. The van der Waals surface area contributed by atoms with Gasteiger partial charge in [-0.3, -0.25) is 4.90 Å². The number of hydrogen-bond donors (Lipinski definition) is 0. The zero-order valence-corrected chi connectivity index (χ0v) is 10.3. The number of nitrogens with zero attached hydrogens (tertiary/aromatic N) is 1. The van der Waals surface area contributed by atoms with Crippen molar-refractivity contribution in [2.45, 2.75) is 6.54 Å². The Morgan fingerprint density at radius 3 is 2.94 bits per heavy atom. The van der Waals surface area contributed by atoms with Crippen LogP contribution >= 0.6 is 11.3 Å². The summed E-state index contributed by atoms with van der Waals surface area (Å²) in [6.45, 7) is 4.43. The van der Waals surface area contributed by atoms with Crippen LogP contribution in [0.4, 0.5) is 4.39 Å². The molecule has 0 radical (unpaired) electrons. The fraction of sp³-hybridized carbons (Fsp3) is 0.385. The van der Waals surface area contributed by atoms with Crippen LogP contribution in [0.2, 0.25) is 0 Å². The second-order valence-corrected chi connectivity index (χ2v) is 5.20. The molecule has 1 aromatic carbocycles. The average Bonchev–Trinajstić information content (AvgIpc) is 2.73. The van der Waals surface area contributed by atoms with Gasteiger partial charge in [-0.2, -0.15) is 0 Å². The van der Waals surface area contributed by atoms with Gasteiger partial charge >= 0.3 is 0 Å². The van der Waals surface area contributed by atoms with Crippen LogP contribution in [-0.4, -0.2) is 31.2 Å². The van der Waals surface area contributed by atoms with Crippen molar-refractivity contribution in [2.75, 3.05) is 26.3 Å². The average molecular weight is 251 g/mol. The van der Waals surface area contributed by atoms with Gasteiger partial charge < -0.3 is 4.74 Å². The molecule has 1 aliphatic heterocycles. The fourth-order valence-electron chi connectivity index (χ4n) is 2.18. The lowest BCUT2D eigenvalue weighted by Crippen LogP contribution is -2.35. The topological polar surface area (TPSA) is 12.5 Å². The van der Waals surface area contributed by atoms with Crippen molar-refractivity contribution < 1.29 is 9.13 Å². The first kappa shape index (κ1) is 11.1. The minimum atomic E-state index is -0.154. The highest BCUT2D eigenvalue weighted by Gasteiger charge is 2.13. The van der Waals surface area contributed by atoms with Crippen molar-refractivity contribution in [2.24, 2.45) is 0 Å². The van der Waals surface area contributed by atoms with Crippen LogP contribution in [0.15, 0.2) is 23.6 Å². The lowest BCUT2D eigenvalue weighted by molar-refractivity contribution is 0.0344. The molecule has 0 aliphatic carbocycles. The Bertz CT molecular complexity index is 519. The number of morpholine rings is 1. The van der Waals surface area contributed by atoms with E-state index < -0.39 is 0 Å². The molecule has 0 unspecified atom stereocenters. The van der Waals surface area contributed by atoms with E-state index in [0.29, 0.717) is 0 Å². The van der Waals surface area contributed by atoms with E-state index in [4.69, 9.17) is 4.74 Å². The van der Waals surface area contributed by atoms with Crippen molar-refractivity contribution in [3.8, 4) is 0 Å². The van der Waals surface area contributed by atoms with E-state index in [1.165, 1.54) is 11.6 Å². The summed E-state index contributed by atoms with van der Waals surface area (Å²) in [6.07, 6.45) is 0. The smallest absolute Gasteiger partial charge is 0.123 e. The van der Waals surface area contributed by atoms with E-state index in [1.54, 1.807) is 17.4 Å². The van der Waals surface area contributed by atoms with E-state index >= 15 is 0 Å². The van der Waals surface area contributed by atoms with Gasteiger partial charge in [0.25, 0.3) is 0 Å². The molecule has 0 bridgehead atoms. The summed E-state index contributed by atoms with van der Waals surface area (Å²) in [5, 5.41) is 3.20. The van der Waals surface area contributed by atoms with Gasteiger partial charge in [-0.05, 0) is 34.5 Å². The van der Waals surface area contributed by atoms with Crippen LogP contribution in [0, 0.1) is 5.82 Å². The molecule has 0 saturated carbocycles. The van der Waals surface area contributed by atoms with Crippen molar-refractivity contribution in [1.29, 1.82) is 0 Å². The molecular weight excluding hydrogens is 237 g/mol. The molecule has 2 nitrogen and oxygen atoms in total. The summed E-state index contributed by atoms with van der Waals surface area (Å²) in [4.78, 5) is 2.36. The molecule has 1 aromatic heterocycles. The molecule has 0 N–H and O–H groups in total. The molecule has 17 heavy (non-hydrogen) atoms. The predicted molar refractivity (Wildman–Crippen MR) is 67.9 cm³/mol. The van der Waals surface area contributed by atoms with E-state index in [-0.39, 0.29) is 5.82 Å². The zero-order chi connectivity index (χ0) is 11.7. The lowest BCUT2D eigenvalue weighted by atomic mass is 10.1. The monoisotopic (exact) mass is 251 g/mol. The first-order valence-electron chi connectivity index (χ1n) is 5.79. The molecule has 1 fully saturated rings. The molecule has 1 saturated heterocycles. The van der Waals surface area contributed by atoms with Gasteiger partial charge in [-0.15, -0.1) is 11.3 Å². The van der Waals surface area contributed by atoms with E-state index in [0.717, 1.165) is 42.9 Å². The second-order valence-electron chi connectivity index (χ2n) is 4.29. The number of halogens is 1. The van der Waals surface area contributed by atoms with Crippen LogP contribution < -0.4 is 0 Å². The van der Waals surface area contributed by atoms with Gasteiger partial charge in [0, 0.05) is 24.3 Å². The number of fused-ring (bicyclic) bond motifs is 1. The van der Waals surface area contributed by atoms with E-state index in [2.05, 4.69) is 10.3 Å². The Morgan fingerprint density at radius 1 is 1.29 bits per heavy atom. The summed E-state index contributed by atoms with van der Waals surface area (Å²) in [5.74, 6) is -0.154. The van der Waals surface area contributed by atoms with Gasteiger partial charge in [0.1, 0.15) is 5.82 Å². The minimum Gasteiger partial charge on any atom is -0.379 e. The summed E-state index contributed by atoms with van der Waals surface area (Å²) < 4.78 is 19.7. The molecular formula is C13H14FNOS. The fourth-order valence-corrected chi connectivity index (χ4v) is 3.11. The molecule has 0 atom stereocenters. The summed E-state index contributed by atoms with van der Waals surface area (Å²) in [7, 11) is 0. The predicted octanol–water partition coefficient (Wildman–Crippen LogP) is 2.87. The Kier molecular flexibility index (Phi) is 3.09. The summed E-state index contributed by atoms with van der Waals surface area (Å²) in [6, 6.07) is 5.02. The number of hydrogen-bond acceptors (Lipinski definition) is 3. The lowest BCUT2D eigenvalue weighted by Gasteiger charge is -2.26. The van der Waals surface area contributed by atoms with Crippen LogP contribution in [0.1, 0.15) is 5.56 Å². The van der Waals surface area contributed by atoms with Crippen molar-refractivity contribution in [3.63, 3.8) is 0 Å². The minimum absolute atomic E-state index is 0.154. The first-order chi connectivity index (χ1) is 8.33. The summed E-state index contributed by atoms with van der Waals surface area (Å²) >= 11 is 1.69. The number of thiophene rings is 1. The van der Waals surface area contributed by atoms with Crippen molar-refractivity contribution in [3.05, 3.63) is 35.0 Å².